The molecule has 2 aromatic rings. The van der Waals surface area contributed by atoms with Crippen molar-refractivity contribution in [3.05, 3.63) is 48.3 Å². The van der Waals surface area contributed by atoms with Crippen LogP contribution in [0.15, 0.2) is 42.7 Å². The van der Waals surface area contributed by atoms with Gasteiger partial charge in [0.25, 0.3) is 0 Å². The predicted molar refractivity (Wildman–Crippen MR) is 82.5 cm³/mol. The number of sulfone groups is 1. The Morgan fingerprint density at radius 3 is 2.68 bits per heavy atom. The lowest BCUT2D eigenvalue weighted by Crippen LogP contribution is -2.36. The predicted octanol–water partition coefficient (Wildman–Crippen LogP) is 0.718. The molecule has 0 spiro atoms. The van der Waals surface area contributed by atoms with Gasteiger partial charge in [-0.1, -0.05) is 12.1 Å². The number of rotatable bonds is 4. The van der Waals surface area contributed by atoms with Crippen LogP contribution in [0.25, 0.3) is 5.69 Å². The van der Waals surface area contributed by atoms with E-state index < -0.39 is 9.84 Å². The zero-order valence-corrected chi connectivity index (χ0v) is 12.8. The Morgan fingerprint density at radius 2 is 2.09 bits per heavy atom. The van der Waals surface area contributed by atoms with Crippen LogP contribution in [0.1, 0.15) is 12.0 Å². The molecule has 6 nitrogen and oxygen atoms in total. The van der Waals surface area contributed by atoms with E-state index in [1.807, 2.05) is 36.5 Å². The molecule has 1 fully saturated rings. The highest BCUT2D eigenvalue weighted by Gasteiger charge is 2.28. The van der Waals surface area contributed by atoms with Gasteiger partial charge in [0.2, 0.25) is 5.91 Å². The van der Waals surface area contributed by atoms with Gasteiger partial charge in [-0.3, -0.25) is 4.79 Å². The molecule has 1 N–H and O–H groups in total. The molecule has 1 aliphatic heterocycles. The molecule has 116 valence electrons. The van der Waals surface area contributed by atoms with Crippen molar-refractivity contribution in [1.82, 2.24) is 15.1 Å². The van der Waals surface area contributed by atoms with Crippen LogP contribution in [0.5, 0.6) is 0 Å². The number of nitrogens with one attached hydrogen (secondary N) is 1. The molecule has 1 aromatic heterocycles. The summed E-state index contributed by atoms with van der Waals surface area (Å²) in [7, 11) is -2.97. The van der Waals surface area contributed by atoms with Gasteiger partial charge < -0.3 is 5.32 Å². The van der Waals surface area contributed by atoms with Gasteiger partial charge in [-0.05, 0) is 30.2 Å². The smallest absolute Gasteiger partial charge is 0.224 e. The monoisotopic (exact) mass is 319 g/mol. The third-order valence-corrected chi connectivity index (χ3v) is 5.44. The zero-order chi connectivity index (χ0) is 15.6. The molecule has 0 radical (unpaired) electrons. The van der Waals surface area contributed by atoms with Crippen molar-refractivity contribution in [2.45, 2.75) is 18.9 Å². The lowest BCUT2D eigenvalue weighted by molar-refractivity contribution is -0.120. The van der Waals surface area contributed by atoms with Crippen molar-refractivity contribution >= 4 is 15.7 Å². The van der Waals surface area contributed by atoms with Crippen molar-refractivity contribution in [1.29, 1.82) is 0 Å². The minimum Gasteiger partial charge on any atom is -0.352 e. The Bertz CT molecular complexity index is 752. The van der Waals surface area contributed by atoms with E-state index in [0.29, 0.717) is 6.42 Å². The summed E-state index contributed by atoms with van der Waals surface area (Å²) in [5.41, 5.74) is 1.81. The summed E-state index contributed by atoms with van der Waals surface area (Å²) in [5, 5.41) is 6.93. The number of carbonyl (C=O) groups is 1. The van der Waals surface area contributed by atoms with Gasteiger partial charge in [0.1, 0.15) is 0 Å². The molecular weight excluding hydrogens is 302 g/mol. The van der Waals surface area contributed by atoms with E-state index in [9.17, 15) is 13.2 Å². The molecular formula is C15H17N3O3S. The number of carbonyl (C=O) groups excluding carboxylic acids is 1. The summed E-state index contributed by atoms with van der Waals surface area (Å²) in [5.74, 6) is 0.0713. The number of hydrogen-bond acceptors (Lipinski definition) is 4. The van der Waals surface area contributed by atoms with Crippen LogP contribution < -0.4 is 5.32 Å². The SMILES string of the molecule is O=C(Cc1ccc(-n2cccn2)cc1)N[C@H]1CCS(=O)(=O)C1. The zero-order valence-electron chi connectivity index (χ0n) is 12.0. The van der Waals surface area contributed by atoms with Crippen LogP contribution in [-0.2, 0) is 21.1 Å². The molecule has 0 bridgehead atoms. The van der Waals surface area contributed by atoms with Gasteiger partial charge in [-0.25, -0.2) is 13.1 Å². The fourth-order valence-electron chi connectivity index (χ4n) is 2.56. The van der Waals surface area contributed by atoms with Crippen LogP contribution in [-0.4, -0.2) is 41.7 Å². The normalized spacial score (nSPS) is 19.9. The first-order chi connectivity index (χ1) is 10.5. The van der Waals surface area contributed by atoms with Crippen LogP contribution >= 0.6 is 0 Å². The summed E-state index contributed by atoms with van der Waals surface area (Å²) in [6.07, 6.45) is 4.31. The molecule has 1 saturated heterocycles. The van der Waals surface area contributed by atoms with E-state index in [2.05, 4.69) is 10.4 Å². The average molecular weight is 319 g/mol. The number of amides is 1. The molecule has 2 heterocycles. The Morgan fingerprint density at radius 1 is 1.32 bits per heavy atom. The van der Waals surface area contributed by atoms with Gasteiger partial charge >= 0.3 is 0 Å². The Balaban J connectivity index is 1.58. The van der Waals surface area contributed by atoms with E-state index >= 15 is 0 Å². The summed E-state index contributed by atoms with van der Waals surface area (Å²) < 4.78 is 24.5. The fourth-order valence-corrected chi connectivity index (χ4v) is 4.23. The molecule has 3 rings (SSSR count). The second-order valence-electron chi connectivity index (χ2n) is 5.46. The van der Waals surface area contributed by atoms with E-state index in [0.717, 1.165) is 11.3 Å². The maximum Gasteiger partial charge on any atom is 0.224 e. The van der Waals surface area contributed by atoms with Crippen LogP contribution in [0.4, 0.5) is 0 Å². The second kappa shape index (κ2) is 5.92. The third-order valence-electron chi connectivity index (χ3n) is 3.67. The number of nitrogens with zero attached hydrogens (tertiary/aromatic N) is 2. The summed E-state index contributed by atoms with van der Waals surface area (Å²) in [6, 6.07) is 9.15. The molecule has 1 amide bonds. The van der Waals surface area contributed by atoms with E-state index in [4.69, 9.17) is 0 Å². The topological polar surface area (TPSA) is 81.1 Å². The Hall–Kier alpha value is -2.15. The highest BCUT2D eigenvalue weighted by molar-refractivity contribution is 7.91. The standard InChI is InChI=1S/C15H17N3O3S/c19-15(17-13-6-9-22(20,21)11-13)10-12-2-4-14(5-3-12)18-8-1-7-16-18/h1-5,7-8,13H,6,9-11H2,(H,17,19)/t13-/m0/s1. The quantitative estimate of drug-likeness (QED) is 0.900. The first kappa shape index (κ1) is 14.8. The minimum absolute atomic E-state index is 0.0526. The number of aromatic nitrogens is 2. The van der Waals surface area contributed by atoms with E-state index in [1.54, 1.807) is 10.9 Å². The molecule has 7 heteroatoms. The average Bonchev–Trinajstić information content (AvgIpc) is 3.09. The second-order valence-corrected chi connectivity index (χ2v) is 7.69. The number of benzene rings is 1. The molecule has 1 aliphatic rings. The molecule has 22 heavy (non-hydrogen) atoms. The van der Waals surface area contributed by atoms with Crippen LogP contribution in [0, 0.1) is 0 Å². The largest absolute Gasteiger partial charge is 0.352 e. The van der Waals surface area contributed by atoms with Gasteiger partial charge in [0.15, 0.2) is 9.84 Å². The van der Waals surface area contributed by atoms with Gasteiger partial charge in [-0.15, -0.1) is 0 Å². The summed E-state index contributed by atoms with van der Waals surface area (Å²) in [4.78, 5) is 12.0. The lowest BCUT2D eigenvalue weighted by Gasteiger charge is -2.11. The third kappa shape index (κ3) is 3.54. The molecule has 0 aliphatic carbocycles. The fraction of sp³-hybridized carbons (Fsp3) is 0.333. The molecule has 0 saturated carbocycles. The Kier molecular flexibility index (Phi) is 3.98. The highest BCUT2D eigenvalue weighted by Crippen LogP contribution is 2.12. The molecule has 0 unspecified atom stereocenters. The van der Waals surface area contributed by atoms with Crippen molar-refractivity contribution in [3.63, 3.8) is 0 Å². The lowest BCUT2D eigenvalue weighted by atomic mass is 10.1. The summed E-state index contributed by atoms with van der Waals surface area (Å²) >= 11 is 0. The molecule has 1 aromatic carbocycles. The number of hydrogen-bond donors (Lipinski definition) is 1. The Labute approximate surface area is 129 Å². The van der Waals surface area contributed by atoms with Gasteiger partial charge in [-0.2, -0.15) is 5.10 Å². The first-order valence-corrected chi connectivity index (χ1v) is 8.93. The molecule has 1 atom stereocenters. The van der Waals surface area contributed by atoms with Crippen LogP contribution in [0.3, 0.4) is 0 Å². The van der Waals surface area contributed by atoms with Gasteiger partial charge in [0.05, 0.1) is 23.6 Å². The van der Waals surface area contributed by atoms with Crippen molar-refractivity contribution < 1.29 is 13.2 Å². The maximum atomic E-state index is 12.0. The van der Waals surface area contributed by atoms with E-state index in [1.165, 1.54) is 0 Å². The van der Waals surface area contributed by atoms with Crippen LogP contribution in [0.2, 0.25) is 0 Å². The summed E-state index contributed by atoms with van der Waals surface area (Å²) in [6.45, 7) is 0. The maximum absolute atomic E-state index is 12.0. The minimum atomic E-state index is -2.97. The van der Waals surface area contributed by atoms with Crippen molar-refractivity contribution in [2.75, 3.05) is 11.5 Å². The van der Waals surface area contributed by atoms with Crippen molar-refractivity contribution in [2.24, 2.45) is 0 Å². The van der Waals surface area contributed by atoms with Crippen molar-refractivity contribution in [3.8, 4) is 5.69 Å². The van der Waals surface area contributed by atoms with E-state index in [-0.39, 0.29) is 29.9 Å². The highest BCUT2D eigenvalue weighted by atomic mass is 32.2. The first-order valence-electron chi connectivity index (χ1n) is 7.11. The van der Waals surface area contributed by atoms with Gasteiger partial charge in [0, 0.05) is 18.4 Å².